The number of hydrogen-bond donors (Lipinski definition) is 1. The van der Waals surface area contributed by atoms with Crippen molar-refractivity contribution in [2.75, 3.05) is 7.05 Å². The van der Waals surface area contributed by atoms with Crippen molar-refractivity contribution in [2.45, 2.75) is 55.1 Å². The van der Waals surface area contributed by atoms with E-state index in [1.54, 1.807) is 0 Å². The van der Waals surface area contributed by atoms with Crippen molar-refractivity contribution in [1.82, 2.24) is 5.32 Å². The minimum atomic E-state index is -0.682. The third kappa shape index (κ3) is 2.50. The van der Waals surface area contributed by atoms with Crippen LogP contribution in [0, 0.1) is 0 Å². The molecule has 0 radical (unpaired) electrons. The van der Waals surface area contributed by atoms with Gasteiger partial charge in [0, 0.05) is 22.1 Å². The van der Waals surface area contributed by atoms with E-state index in [0.29, 0.717) is 10.5 Å². The van der Waals surface area contributed by atoms with Gasteiger partial charge in [0.25, 0.3) is 0 Å². The van der Waals surface area contributed by atoms with E-state index < -0.39 is 10.8 Å². The molecule has 3 rings (SSSR count). The van der Waals surface area contributed by atoms with Gasteiger partial charge >= 0.3 is 0 Å². The van der Waals surface area contributed by atoms with E-state index in [1.807, 2.05) is 7.05 Å². The minimum absolute atomic E-state index is 0.270. The Morgan fingerprint density at radius 1 is 1.16 bits per heavy atom. The van der Waals surface area contributed by atoms with Crippen LogP contribution >= 0.6 is 0 Å². The maximum Gasteiger partial charge on any atom is 0.0548 e. The third-order valence-corrected chi connectivity index (χ3v) is 6.93. The minimum Gasteiger partial charge on any atom is -0.312 e. The fourth-order valence-electron chi connectivity index (χ4n) is 3.69. The molecule has 3 atom stereocenters. The highest BCUT2D eigenvalue weighted by Crippen LogP contribution is 2.36. The Labute approximate surface area is 118 Å². The molecule has 0 heterocycles. The van der Waals surface area contributed by atoms with Gasteiger partial charge in [0.05, 0.1) is 5.25 Å². The standard InChI is InChI=1S/C16H23NOS/c1-17-16-14-9-5-2-6-12(14)10-11-15(16)19(18)13-7-3-4-8-13/h2,5-6,9,13,15-17H,3-4,7-8,10-11H2,1H3. The van der Waals surface area contributed by atoms with Crippen LogP contribution in [-0.4, -0.2) is 21.8 Å². The Balaban J connectivity index is 1.85. The second-order valence-corrected chi connectivity index (χ2v) is 7.71. The molecule has 0 spiro atoms. The summed E-state index contributed by atoms with van der Waals surface area (Å²) >= 11 is 0. The summed E-state index contributed by atoms with van der Waals surface area (Å²) in [6.45, 7) is 0. The number of nitrogens with one attached hydrogen (secondary N) is 1. The predicted molar refractivity (Wildman–Crippen MR) is 80.8 cm³/mol. The van der Waals surface area contributed by atoms with Crippen LogP contribution in [0.2, 0.25) is 0 Å². The summed E-state index contributed by atoms with van der Waals surface area (Å²) in [6.07, 6.45) is 7.01. The first-order valence-corrected chi connectivity index (χ1v) is 8.73. The summed E-state index contributed by atoms with van der Waals surface area (Å²) in [5.74, 6) is 0. The van der Waals surface area contributed by atoms with E-state index in [-0.39, 0.29) is 6.04 Å². The number of rotatable bonds is 3. The van der Waals surface area contributed by atoms with Gasteiger partial charge in [0.15, 0.2) is 0 Å². The van der Waals surface area contributed by atoms with Gasteiger partial charge in [-0.3, -0.25) is 4.21 Å². The van der Waals surface area contributed by atoms with Crippen LogP contribution in [0.5, 0.6) is 0 Å². The Bertz CT molecular complexity index is 468. The smallest absolute Gasteiger partial charge is 0.0548 e. The molecule has 0 aromatic heterocycles. The summed E-state index contributed by atoms with van der Waals surface area (Å²) in [6, 6.07) is 8.90. The first-order chi connectivity index (χ1) is 9.31. The van der Waals surface area contributed by atoms with Gasteiger partial charge in [-0.2, -0.15) is 0 Å². The van der Waals surface area contributed by atoms with Crippen molar-refractivity contribution < 1.29 is 4.21 Å². The lowest BCUT2D eigenvalue weighted by Gasteiger charge is -2.34. The van der Waals surface area contributed by atoms with Crippen molar-refractivity contribution in [3.8, 4) is 0 Å². The highest BCUT2D eigenvalue weighted by atomic mass is 32.2. The molecule has 2 aliphatic rings. The monoisotopic (exact) mass is 277 g/mol. The van der Waals surface area contributed by atoms with Gasteiger partial charge < -0.3 is 5.32 Å². The fourth-order valence-corrected chi connectivity index (χ4v) is 5.88. The zero-order valence-electron chi connectivity index (χ0n) is 11.6. The van der Waals surface area contributed by atoms with Crippen LogP contribution in [0.4, 0.5) is 0 Å². The Kier molecular flexibility index (Phi) is 4.04. The quantitative estimate of drug-likeness (QED) is 0.920. The molecule has 2 nitrogen and oxygen atoms in total. The molecule has 0 aliphatic heterocycles. The van der Waals surface area contributed by atoms with Crippen LogP contribution in [0.3, 0.4) is 0 Å². The molecule has 1 aromatic carbocycles. The zero-order valence-corrected chi connectivity index (χ0v) is 12.4. The molecule has 1 N–H and O–H groups in total. The molecule has 2 aliphatic carbocycles. The number of hydrogen-bond acceptors (Lipinski definition) is 2. The molecule has 19 heavy (non-hydrogen) atoms. The maximum absolute atomic E-state index is 12.9. The predicted octanol–water partition coefficient (Wildman–Crippen LogP) is 2.95. The van der Waals surface area contributed by atoms with E-state index in [1.165, 1.54) is 36.8 Å². The summed E-state index contributed by atoms with van der Waals surface area (Å²) in [5.41, 5.74) is 2.80. The first-order valence-electron chi connectivity index (χ1n) is 7.45. The summed E-state index contributed by atoms with van der Waals surface area (Å²) < 4.78 is 12.9. The second-order valence-electron chi connectivity index (χ2n) is 5.78. The molecule has 1 fully saturated rings. The molecule has 1 aromatic rings. The van der Waals surface area contributed by atoms with Crippen LogP contribution in [0.25, 0.3) is 0 Å². The van der Waals surface area contributed by atoms with Crippen molar-refractivity contribution in [2.24, 2.45) is 0 Å². The Morgan fingerprint density at radius 3 is 2.63 bits per heavy atom. The van der Waals surface area contributed by atoms with E-state index in [4.69, 9.17) is 0 Å². The van der Waals surface area contributed by atoms with Crippen molar-refractivity contribution in [3.63, 3.8) is 0 Å². The number of aryl methyl sites for hydroxylation is 1. The van der Waals surface area contributed by atoms with Crippen LogP contribution in [0.15, 0.2) is 24.3 Å². The average Bonchev–Trinajstić information content (AvgIpc) is 2.99. The molecule has 3 unspecified atom stereocenters. The van der Waals surface area contributed by atoms with Crippen molar-refractivity contribution >= 4 is 10.8 Å². The molecule has 0 saturated heterocycles. The van der Waals surface area contributed by atoms with Gasteiger partial charge in [-0.25, -0.2) is 0 Å². The maximum atomic E-state index is 12.9. The van der Waals surface area contributed by atoms with Gasteiger partial charge in [-0.15, -0.1) is 0 Å². The summed E-state index contributed by atoms with van der Waals surface area (Å²) in [4.78, 5) is 0. The highest BCUT2D eigenvalue weighted by molar-refractivity contribution is 7.86. The SMILES string of the molecule is CNC1c2ccccc2CCC1S(=O)C1CCCC1. The van der Waals surface area contributed by atoms with Gasteiger partial charge in [-0.05, 0) is 43.9 Å². The molecular formula is C16H23NOS. The average molecular weight is 277 g/mol. The molecule has 1 saturated carbocycles. The van der Waals surface area contributed by atoms with Gasteiger partial charge in [0.1, 0.15) is 0 Å². The highest BCUT2D eigenvalue weighted by Gasteiger charge is 2.36. The van der Waals surface area contributed by atoms with Crippen molar-refractivity contribution in [3.05, 3.63) is 35.4 Å². The van der Waals surface area contributed by atoms with Gasteiger partial charge in [-0.1, -0.05) is 37.1 Å². The summed E-state index contributed by atoms with van der Waals surface area (Å²) in [5, 5.41) is 4.17. The second kappa shape index (κ2) is 5.76. The number of benzene rings is 1. The molecule has 3 heteroatoms. The molecular weight excluding hydrogens is 254 g/mol. The lowest BCUT2D eigenvalue weighted by atomic mass is 9.87. The molecule has 0 amide bonds. The topological polar surface area (TPSA) is 29.1 Å². The Hall–Kier alpha value is -0.670. The van der Waals surface area contributed by atoms with E-state index in [0.717, 1.165) is 12.8 Å². The fraction of sp³-hybridized carbons (Fsp3) is 0.625. The molecule has 0 bridgehead atoms. The molecule has 104 valence electrons. The van der Waals surface area contributed by atoms with Crippen LogP contribution in [0.1, 0.15) is 49.3 Å². The Morgan fingerprint density at radius 2 is 1.89 bits per heavy atom. The van der Waals surface area contributed by atoms with E-state index >= 15 is 0 Å². The zero-order chi connectivity index (χ0) is 13.2. The summed E-state index contributed by atoms with van der Waals surface area (Å²) in [7, 11) is 1.32. The first kappa shape index (κ1) is 13.3. The largest absolute Gasteiger partial charge is 0.312 e. The lowest BCUT2D eigenvalue weighted by Crippen LogP contribution is -2.39. The van der Waals surface area contributed by atoms with E-state index in [9.17, 15) is 4.21 Å². The van der Waals surface area contributed by atoms with Crippen LogP contribution < -0.4 is 5.32 Å². The van der Waals surface area contributed by atoms with E-state index in [2.05, 4.69) is 29.6 Å². The third-order valence-electron chi connectivity index (χ3n) is 4.70. The van der Waals surface area contributed by atoms with Gasteiger partial charge in [0.2, 0.25) is 0 Å². The normalized spacial score (nSPS) is 29.1. The van der Waals surface area contributed by atoms with Crippen molar-refractivity contribution in [1.29, 1.82) is 0 Å². The number of fused-ring (bicyclic) bond motifs is 1. The van der Waals surface area contributed by atoms with Crippen LogP contribution in [-0.2, 0) is 17.2 Å². The lowest BCUT2D eigenvalue weighted by molar-refractivity contribution is 0.494.